The van der Waals surface area contributed by atoms with Crippen molar-refractivity contribution in [1.29, 1.82) is 0 Å². The number of hydrogen-bond donors (Lipinski definition) is 0. The molecule has 1 aliphatic heterocycles. The molecule has 1 fully saturated rings. The van der Waals surface area contributed by atoms with Crippen LogP contribution in [-0.4, -0.2) is 29.8 Å². The highest BCUT2D eigenvalue weighted by Crippen LogP contribution is 2.24. The van der Waals surface area contributed by atoms with Gasteiger partial charge in [0.05, 0.1) is 0 Å². The van der Waals surface area contributed by atoms with Crippen LogP contribution in [0, 0.1) is 17.8 Å². The van der Waals surface area contributed by atoms with Crippen LogP contribution >= 0.6 is 11.6 Å². The molecule has 14 heavy (non-hydrogen) atoms. The third kappa shape index (κ3) is 2.63. The number of amides is 1. The maximum absolute atomic E-state index is 11.8. The van der Waals surface area contributed by atoms with Gasteiger partial charge < -0.3 is 4.90 Å². The highest BCUT2D eigenvalue weighted by atomic mass is 35.5. The summed E-state index contributed by atoms with van der Waals surface area (Å²) >= 11 is 5.68. The highest BCUT2D eigenvalue weighted by molar-refractivity contribution is 6.19. The second kappa shape index (κ2) is 5.01. The van der Waals surface area contributed by atoms with Crippen molar-refractivity contribution >= 4 is 17.5 Å². The first-order valence-corrected chi connectivity index (χ1v) is 5.94. The van der Waals surface area contributed by atoms with Gasteiger partial charge in [-0.15, -0.1) is 11.6 Å². The second-order valence-electron chi connectivity index (χ2n) is 4.63. The third-order valence-electron chi connectivity index (χ3n) is 3.13. The molecule has 0 aromatic carbocycles. The molecular weight excluding hydrogens is 198 g/mol. The van der Waals surface area contributed by atoms with E-state index in [0.717, 1.165) is 19.5 Å². The van der Waals surface area contributed by atoms with E-state index in [4.69, 9.17) is 11.6 Å². The molecule has 0 bridgehead atoms. The quantitative estimate of drug-likeness (QED) is 0.665. The summed E-state index contributed by atoms with van der Waals surface area (Å²) in [6, 6.07) is 0. The molecule has 2 nitrogen and oxygen atoms in total. The number of halogens is 1. The molecule has 0 radical (unpaired) electrons. The van der Waals surface area contributed by atoms with Crippen LogP contribution in [0.15, 0.2) is 0 Å². The van der Waals surface area contributed by atoms with Crippen LogP contribution < -0.4 is 0 Å². The minimum Gasteiger partial charge on any atom is -0.342 e. The molecule has 1 amide bonds. The van der Waals surface area contributed by atoms with Gasteiger partial charge in [-0.1, -0.05) is 20.8 Å². The molecule has 0 saturated carbocycles. The Bertz CT molecular complexity index is 205. The largest absolute Gasteiger partial charge is 0.342 e. The van der Waals surface area contributed by atoms with E-state index >= 15 is 0 Å². The van der Waals surface area contributed by atoms with Crippen molar-refractivity contribution in [3.05, 3.63) is 0 Å². The average Bonchev–Trinajstić information content (AvgIpc) is 2.64. The molecule has 82 valence electrons. The summed E-state index contributed by atoms with van der Waals surface area (Å²) in [4.78, 5) is 13.8. The topological polar surface area (TPSA) is 20.3 Å². The van der Waals surface area contributed by atoms with Crippen LogP contribution in [0.5, 0.6) is 0 Å². The summed E-state index contributed by atoms with van der Waals surface area (Å²) < 4.78 is 0. The van der Waals surface area contributed by atoms with Gasteiger partial charge in [0.2, 0.25) is 5.91 Å². The lowest BCUT2D eigenvalue weighted by Gasteiger charge is -2.20. The van der Waals surface area contributed by atoms with Gasteiger partial charge in [0.1, 0.15) is 0 Å². The van der Waals surface area contributed by atoms with Crippen molar-refractivity contribution in [3.8, 4) is 0 Å². The number of alkyl halides is 1. The Hall–Kier alpha value is -0.240. The van der Waals surface area contributed by atoms with Crippen molar-refractivity contribution in [2.24, 2.45) is 17.8 Å². The zero-order valence-corrected chi connectivity index (χ0v) is 10.0. The van der Waals surface area contributed by atoms with Crippen LogP contribution in [0.25, 0.3) is 0 Å². The molecular formula is C11H20ClNO. The Morgan fingerprint density at radius 1 is 1.50 bits per heavy atom. The number of hydrogen-bond acceptors (Lipinski definition) is 1. The van der Waals surface area contributed by atoms with Crippen molar-refractivity contribution in [2.75, 3.05) is 19.0 Å². The molecule has 3 heteroatoms. The van der Waals surface area contributed by atoms with E-state index in [0.29, 0.717) is 17.7 Å². The van der Waals surface area contributed by atoms with Crippen LogP contribution in [0.1, 0.15) is 27.2 Å². The van der Waals surface area contributed by atoms with Gasteiger partial charge in [-0.3, -0.25) is 4.79 Å². The Labute approximate surface area is 91.6 Å². The number of likely N-dealkylation sites (tertiary alicyclic amines) is 1. The summed E-state index contributed by atoms with van der Waals surface area (Å²) in [6.45, 7) is 8.20. The van der Waals surface area contributed by atoms with E-state index in [1.54, 1.807) is 0 Å². The van der Waals surface area contributed by atoms with E-state index in [9.17, 15) is 4.79 Å². The molecule has 2 atom stereocenters. The summed E-state index contributed by atoms with van der Waals surface area (Å²) in [5.41, 5.74) is 0. The number of nitrogens with zero attached hydrogens (tertiary/aromatic N) is 1. The van der Waals surface area contributed by atoms with Gasteiger partial charge >= 0.3 is 0 Å². The van der Waals surface area contributed by atoms with Gasteiger partial charge in [0, 0.05) is 24.9 Å². The van der Waals surface area contributed by atoms with Crippen LogP contribution in [0.4, 0.5) is 0 Å². The molecule has 2 unspecified atom stereocenters. The number of carbonyl (C=O) groups excluding carboxylic acids is 1. The predicted octanol–water partition coefficient (Wildman–Crippen LogP) is 2.37. The average molecular weight is 218 g/mol. The van der Waals surface area contributed by atoms with Gasteiger partial charge in [-0.2, -0.15) is 0 Å². The van der Waals surface area contributed by atoms with Crippen molar-refractivity contribution in [2.45, 2.75) is 27.2 Å². The summed E-state index contributed by atoms with van der Waals surface area (Å²) in [5.74, 6) is 1.99. The molecule has 1 rings (SSSR count). The predicted molar refractivity (Wildman–Crippen MR) is 59.4 cm³/mol. The lowest BCUT2D eigenvalue weighted by atomic mass is 9.95. The molecule has 0 N–H and O–H groups in total. The van der Waals surface area contributed by atoms with Gasteiger partial charge in [0.15, 0.2) is 0 Å². The molecule has 1 saturated heterocycles. The lowest BCUT2D eigenvalue weighted by molar-refractivity contribution is -0.133. The molecule has 1 aliphatic rings. The Morgan fingerprint density at radius 2 is 2.14 bits per heavy atom. The van der Waals surface area contributed by atoms with Gasteiger partial charge in [0.25, 0.3) is 0 Å². The van der Waals surface area contributed by atoms with E-state index in [1.165, 1.54) is 0 Å². The summed E-state index contributed by atoms with van der Waals surface area (Å²) in [6.07, 6.45) is 1.15. The summed E-state index contributed by atoms with van der Waals surface area (Å²) in [7, 11) is 0. The Balaban J connectivity index is 2.45. The molecule has 0 spiro atoms. The fourth-order valence-corrected chi connectivity index (χ4v) is 2.04. The third-order valence-corrected chi connectivity index (χ3v) is 3.60. The van der Waals surface area contributed by atoms with E-state index < -0.39 is 0 Å². The zero-order valence-electron chi connectivity index (χ0n) is 9.29. The normalized spacial score (nSPS) is 24.4. The zero-order chi connectivity index (χ0) is 10.7. The minimum atomic E-state index is -0.0254. The van der Waals surface area contributed by atoms with Gasteiger partial charge in [-0.25, -0.2) is 0 Å². The fourth-order valence-electron chi connectivity index (χ4n) is 1.91. The van der Waals surface area contributed by atoms with E-state index in [-0.39, 0.29) is 11.8 Å². The van der Waals surface area contributed by atoms with Crippen molar-refractivity contribution in [1.82, 2.24) is 4.90 Å². The van der Waals surface area contributed by atoms with Crippen LogP contribution in [-0.2, 0) is 4.79 Å². The molecule has 0 aliphatic carbocycles. The van der Waals surface area contributed by atoms with Crippen molar-refractivity contribution < 1.29 is 4.79 Å². The van der Waals surface area contributed by atoms with Crippen molar-refractivity contribution in [3.63, 3.8) is 0 Å². The Kier molecular flexibility index (Phi) is 4.24. The van der Waals surface area contributed by atoms with Crippen LogP contribution in [0.2, 0.25) is 0 Å². The first-order valence-electron chi connectivity index (χ1n) is 5.41. The molecule has 1 heterocycles. The minimum absolute atomic E-state index is 0.0254. The summed E-state index contributed by atoms with van der Waals surface area (Å²) in [5, 5.41) is 0. The monoisotopic (exact) mass is 217 g/mol. The first kappa shape index (κ1) is 11.8. The van der Waals surface area contributed by atoms with E-state index in [1.807, 2.05) is 11.8 Å². The standard InChI is InChI=1S/C11H20ClNO/c1-8(2)10-4-5-13(7-10)11(14)9(3)6-12/h8-10H,4-7H2,1-3H3. The highest BCUT2D eigenvalue weighted by Gasteiger charge is 2.29. The van der Waals surface area contributed by atoms with E-state index in [2.05, 4.69) is 13.8 Å². The smallest absolute Gasteiger partial charge is 0.226 e. The number of rotatable bonds is 3. The SMILES string of the molecule is CC(CCl)C(=O)N1CCC(C(C)C)C1. The lowest BCUT2D eigenvalue weighted by Crippen LogP contribution is -2.34. The van der Waals surface area contributed by atoms with Gasteiger partial charge in [-0.05, 0) is 18.3 Å². The fraction of sp³-hybridized carbons (Fsp3) is 0.909. The first-order chi connectivity index (χ1) is 6.56. The molecule has 0 aromatic rings. The van der Waals surface area contributed by atoms with Crippen LogP contribution in [0.3, 0.4) is 0 Å². The maximum atomic E-state index is 11.8. The molecule has 0 aromatic heterocycles. The maximum Gasteiger partial charge on any atom is 0.226 e. The number of carbonyl (C=O) groups is 1. The second-order valence-corrected chi connectivity index (χ2v) is 4.94. The Morgan fingerprint density at radius 3 is 2.57 bits per heavy atom.